The summed E-state index contributed by atoms with van der Waals surface area (Å²) in [5, 5.41) is 6.82. The fourth-order valence-corrected chi connectivity index (χ4v) is 4.33. The molecule has 1 saturated carbocycles. The maximum absolute atomic E-state index is 13.7. The largest absolute Gasteiger partial charge is 0.357 e. The summed E-state index contributed by atoms with van der Waals surface area (Å²) in [5.74, 6) is 1.67. The van der Waals surface area contributed by atoms with Gasteiger partial charge in [0.15, 0.2) is 5.96 Å². The van der Waals surface area contributed by atoms with Crippen molar-refractivity contribution in [1.82, 2.24) is 20.5 Å². The topological polar surface area (TPSA) is 55.8 Å². The standard InChI is InChI=1S/C25H35FN6.HI/c1-3-27-24(30-19-25(9-10-25)21-6-5-7-22(26)17-21)29-18-20-8-11-28-23(16-20)32-14-12-31(4-2)13-15-32;/h5-8,11,16-17H,3-4,9-10,12-15,18-19H2,1-2H3,(H2,27,29,30);1H. The molecule has 8 heteroatoms. The lowest BCUT2D eigenvalue weighted by Gasteiger charge is -2.34. The number of nitrogens with zero attached hydrogens (tertiary/aromatic N) is 4. The molecule has 180 valence electrons. The van der Waals surface area contributed by atoms with Crippen molar-refractivity contribution in [2.75, 3.05) is 50.7 Å². The first kappa shape index (κ1) is 25.7. The predicted octanol–water partition coefficient (Wildman–Crippen LogP) is 3.77. The van der Waals surface area contributed by atoms with Crippen molar-refractivity contribution < 1.29 is 4.39 Å². The van der Waals surface area contributed by atoms with Gasteiger partial charge in [-0.25, -0.2) is 14.4 Å². The monoisotopic (exact) mass is 566 g/mol. The van der Waals surface area contributed by atoms with Gasteiger partial charge in [-0.2, -0.15) is 0 Å². The summed E-state index contributed by atoms with van der Waals surface area (Å²) >= 11 is 0. The number of benzene rings is 1. The highest BCUT2D eigenvalue weighted by Gasteiger charge is 2.44. The fourth-order valence-electron chi connectivity index (χ4n) is 4.33. The van der Waals surface area contributed by atoms with Gasteiger partial charge in [0.25, 0.3) is 0 Å². The maximum Gasteiger partial charge on any atom is 0.191 e. The van der Waals surface area contributed by atoms with Crippen molar-refractivity contribution >= 4 is 35.8 Å². The van der Waals surface area contributed by atoms with Gasteiger partial charge in [0.1, 0.15) is 11.6 Å². The highest BCUT2D eigenvalue weighted by molar-refractivity contribution is 14.0. The zero-order chi connectivity index (χ0) is 22.4. The number of halogens is 2. The minimum atomic E-state index is -0.168. The lowest BCUT2D eigenvalue weighted by Crippen LogP contribution is -2.46. The number of aromatic nitrogens is 1. The number of hydrogen-bond donors (Lipinski definition) is 2. The van der Waals surface area contributed by atoms with Crippen molar-refractivity contribution in [2.45, 2.75) is 38.6 Å². The molecule has 4 rings (SSSR count). The third-order valence-electron chi connectivity index (χ3n) is 6.60. The van der Waals surface area contributed by atoms with Crippen molar-refractivity contribution in [2.24, 2.45) is 4.99 Å². The highest BCUT2D eigenvalue weighted by Crippen LogP contribution is 2.47. The molecule has 2 fully saturated rings. The van der Waals surface area contributed by atoms with E-state index in [0.717, 1.165) is 81.6 Å². The predicted molar refractivity (Wildman–Crippen MR) is 144 cm³/mol. The van der Waals surface area contributed by atoms with E-state index in [-0.39, 0.29) is 35.2 Å². The summed E-state index contributed by atoms with van der Waals surface area (Å²) in [4.78, 5) is 14.2. The van der Waals surface area contributed by atoms with E-state index in [1.807, 2.05) is 18.3 Å². The van der Waals surface area contributed by atoms with E-state index < -0.39 is 0 Å². The molecular weight excluding hydrogens is 530 g/mol. The molecule has 1 aromatic heterocycles. The summed E-state index contributed by atoms with van der Waals surface area (Å²) in [6.45, 7) is 11.7. The number of likely N-dealkylation sites (N-methyl/N-ethyl adjacent to an activating group) is 1. The highest BCUT2D eigenvalue weighted by atomic mass is 127. The van der Waals surface area contributed by atoms with Gasteiger partial charge >= 0.3 is 0 Å². The molecule has 0 unspecified atom stereocenters. The van der Waals surface area contributed by atoms with Gasteiger partial charge in [-0.3, -0.25) is 0 Å². The zero-order valence-electron chi connectivity index (χ0n) is 19.7. The van der Waals surface area contributed by atoms with Crippen LogP contribution in [-0.4, -0.2) is 61.7 Å². The molecule has 33 heavy (non-hydrogen) atoms. The minimum absolute atomic E-state index is 0. The molecule has 0 atom stereocenters. The van der Waals surface area contributed by atoms with Crippen molar-refractivity contribution in [3.05, 3.63) is 59.5 Å². The molecule has 1 saturated heterocycles. The van der Waals surface area contributed by atoms with E-state index in [9.17, 15) is 4.39 Å². The molecule has 2 N–H and O–H groups in total. The third kappa shape index (κ3) is 6.79. The third-order valence-corrected chi connectivity index (χ3v) is 6.60. The summed E-state index contributed by atoms with van der Waals surface area (Å²) < 4.78 is 13.7. The Balaban J connectivity index is 0.00000306. The first-order valence-corrected chi connectivity index (χ1v) is 11.8. The maximum atomic E-state index is 13.7. The van der Waals surface area contributed by atoms with Crippen LogP contribution < -0.4 is 15.5 Å². The average Bonchev–Trinajstić information content (AvgIpc) is 3.62. The van der Waals surface area contributed by atoms with Gasteiger partial charge in [0, 0.05) is 50.9 Å². The first-order chi connectivity index (χ1) is 15.6. The van der Waals surface area contributed by atoms with Gasteiger partial charge in [0.2, 0.25) is 0 Å². The molecule has 0 bridgehead atoms. The Labute approximate surface area is 214 Å². The Morgan fingerprint density at radius 3 is 2.55 bits per heavy atom. The Bertz CT molecular complexity index is 925. The fraction of sp³-hybridized carbons (Fsp3) is 0.520. The summed E-state index contributed by atoms with van der Waals surface area (Å²) in [5.41, 5.74) is 2.24. The van der Waals surface area contributed by atoms with Crippen LogP contribution in [0.2, 0.25) is 0 Å². The number of anilines is 1. The van der Waals surface area contributed by atoms with Gasteiger partial charge in [0.05, 0.1) is 6.54 Å². The molecule has 2 aliphatic rings. The first-order valence-electron chi connectivity index (χ1n) is 11.8. The number of hydrogen-bond acceptors (Lipinski definition) is 4. The van der Waals surface area contributed by atoms with Gasteiger partial charge in [-0.15, -0.1) is 24.0 Å². The number of aliphatic imine (C=N–C) groups is 1. The van der Waals surface area contributed by atoms with E-state index in [1.54, 1.807) is 12.1 Å². The normalized spacial score (nSPS) is 17.9. The van der Waals surface area contributed by atoms with E-state index in [4.69, 9.17) is 4.99 Å². The smallest absolute Gasteiger partial charge is 0.191 e. The van der Waals surface area contributed by atoms with Crippen LogP contribution in [0.25, 0.3) is 0 Å². The summed E-state index contributed by atoms with van der Waals surface area (Å²) in [7, 11) is 0. The number of pyridine rings is 1. The minimum Gasteiger partial charge on any atom is -0.357 e. The van der Waals surface area contributed by atoms with Crippen molar-refractivity contribution in [1.29, 1.82) is 0 Å². The second-order valence-corrected chi connectivity index (χ2v) is 8.78. The Morgan fingerprint density at radius 2 is 1.88 bits per heavy atom. The molecule has 6 nitrogen and oxygen atoms in total. The summed E-state index contributed by atoms with van der Waals surface area (Å²) in [6, 6.07) is 11.2. The van der Waals surface area contributed by atoms with Gasteiger partial charge in [-0.05, 0) is 61.7 Å². The Hall–Kier alpha value is -1.94. The molecule has 2 heterocycles. The number of rotatable bonds is 8. The van der Waals surface area contributed by atoms with Crippen LogP contribution in [0.5, 0.6) is 0 Å². The molecule has 0 spiro atoms. The van der Waals surface area contributed by atoms with Crippen LogP contribution in [0.15, 0.2) is 47.6 Å². The zero-order valence-corrected chi connectivity index (χ0v) is 22.0. The van der Waals surface area contributed by atoms with Crippen LogP contribution in [0.3, 0.4) is 0 Å². The quantitative estimate of drug-likeness (QED) is 0.290. The summed E-state index contributed by atoms with van der Waals surface area (Å²) in [6.07, 6.45) is 4.03. The molecule has 0 radical (unpaired) electrons. The van der Waals surface area contributed by atoms with E-state index in [0.29, 0.717) is 6.54 Å². The van der Waals surface area contributed by atoms with E-state index in [1.165, 1.54) is 6.07 Å². The number of nitrogens with one attached hydrogen (secondary N) is 2. The molecule has 1 aliphatic heterocycles. The van der Waals surface area contributed by atoms with Crippen LogP contribution in [-0.2, 0) is 12.0 Å². The van der Waals surface area contributed by atoms with Crippen LogP contribution >= 0.6 is 24.0 Å². The van der Waals surface area contributed by atoms with E-state index in [2.05, 4.69) is 45.3 Å². The lowest BCUT2D eigenvalue weighted by atomic mass is 9.96. The molecule has 0 amide bonds. The average molecular weight is 567 g/mol. The lowest BCUT2D eigenvalue weighted by molar-refractivity contribution is 0.270. The van der Waals surface area contributed by atoms with Gasteiger partial charge in [-0.1, -0.05) is 19.1 Å². The molecule has 1 aromatic carbocycles. The number of piperazine rings is 1. The Morgan fingerprint density at radius 1 is 1.09 bits per heavy atom. The molecule has 1 aliphatic carbocycles. The SMILES string of the molecule is CCNC(=NCc1ccnc(N2CCN(CC)CC2)c1)NCC1(c2cccc(F)c2)CC1.I. The van der Waals surface area contributed by atoms with Crippen molar-refractivity contribution in [3.8, 4) is 0 Å². The number of guanidine groups is 1. The van der Waals surface area contributed by atoms with E-state index >= 15 is 0 Å². The second-order valence-electron chi connectivity index (χ2n) is 8.78. The molecule has 2 aromatic rings. The van der Waals surface area contributed by atoms with Crippen LogP contribution in [0, 0.1) is 5.82 Å². The molecular formula is C25H36FIN6. The van der Waals surface area contributed by atoms with Gasteiger partial charge < -0.3 is 20.4 Å². The van der Waals surface area contributed by atoms with Crippen LogP contribution in [0.1, 0.15) is 37.8 Å². The van der Waals surface area contributed by atoms with Crippen molar-refractivity contribution in [3.63, 3.8) is 0 Å². The van der Waals surface area contributed by atoms with Crippen LogP contribution in [0.4, 0.5) is 10.2 Å². The second kappa shape index (κ2) is 12.0. The Kier molecular flexibility index (Phi) is 9.31.